The van der Waals surface area contributed by atoms with Crippen LogP contribution in [0.15, 0.2) is 42.5 Å². The van der Waals surface area contributed by atoms with Gasteiger partial charge in [-0.1, -0.05) is 55.7 Å². The predicted octanol–water partition coefficient (Wildman–Crippen LogP) is 5.00. The molecule has 0 atom stereocenters. The summed E-state index contributed by atoms with van der Waals surface area (Å²) in [5.41, 5.74) is 9.48. The molecular formula is C19H22FN. The van der Waals surface area contributed by atoms with Crippen LogP contribution in [0.4, 0.5) is 4.39 Å². The summed E-state index contributed by atoms with van der Waals surface area (Å²) >= 11 is 0. The lowest BCUT2D eigenvalue weighted by Gasteiger charge is -2.22. The van der Waals surface area contributed by atoms with Crippen LogP contribution in [0.5, 0.6) is 0 Å². The Hall–Kier alpha value is -1.67. The summed E-state index contributed by atoms with van der Waals surface area (Å²) < 4.78 is 13.8. The topological polar surface area (TPSA) is 26.0 Å². The fourth-order valence-corrected chi connectivity index (χ4v) is 3.28. The first-order valence-electron chi connectivity index (χ1n) is 7.87. The zero-order valence-electron chi connectivity index (χ0n) is 12.3. The third-order valence-corrected chi connectivity index (χ3v) is 4.59. The lowest BCUT2D eigenvalue weighted by Crippen LogP contribution is -2.04. The lowest BCUT2D eigenvalue weighted by atomic mass is 9.83. The number of halogens is 1. The fraction of sp³-hybridized carbons (Fsp3) is 0.368. The van der Waals surface area contributed by atoms with Crippen molar-refractivity contribution < 1.29 is 4.39 Å². The molecule has 1 saturated carbocycles. The highest BCUT2D eigenvalue weighted by Gasteiger charge is 2.15. The van der Waals surface area contributed by atoms with Gasteiger partial charge in [-0.25, -0.2) is 4.39 Å². The predicted molar refractivity (Wildman–Crippen MR) is 85.6 cm³/mol. The molecule has 0 unspecified atom stereocenters. The molecule has 3 rings (SSSR count). The van der Waals surface area contributed by atoms with Crippen LogP contribution >= 0.6 is 0 Å². The highest BCUT2D eigenvalue weighted by molar-refractivity contribution is 5.64. The molecule has 0 aliphatic heterocycles. The average molecular weight is 283 g/mol. The first-order valence-corrected chi connectivity index (χ1v) is 7.87. The maximum absolute atomic E-state index is 13.8. The molecule has 21 heavy (non-hydrogen) atoms. The maximum Gasteiger partial charge on any atom is 0.128 e. The number of benzene rings is 2. The normalized spacial score (nSPS) is 16.1. The molecule has 2 N–H and O–H groups in total. The zero-order valence-corrected chi connectivity index (χ0v) is 12.3. The van der Waals surface area contributed by atoms with E-state index in [9.17, 15) is 4.39 Å². The van der Waals surface area contributed by atoms with Crippen LogP contribution in [0.3, 0.4) is 0 Å². The molecule has 2 heteroatoms. The van der Waals surface area contributed by atoms with Crippen molar-refractivity contribution >= 4 is 0 Å². The highest BCUT2D eigenvalue weighted by Crippen LogP contribution is 2.33. The van der Waals surface area contributed by atoms with Crippen molar-refractivity contribution in [2.75, 3.05) is 0 Å². The quantitative estimate of drug-likeness (QED) is 0.843. The molecule has 0 spiro atoms. The van der Waals surface area contributed by atoms with Crippen molar-refractivity contribution in [2.24, 2.45) is 5.73 Å². The third-order valence-electron chi connectivity index (χ3n) is 4.59. The zero-order chi connectivity index (χ0) is 14.7. The van der Waals surface area contributed by atoms with E-state index in [2.05, 4.69) is 24.3 Å². The average Bonchev–Trinajstić information content (AvgIpc) is 2.56. The Kier molecular flexibility index (Phi) is 4.35. The summed E-state index contributed by atoms with van der Waals surface area (Å²) in [7, 11) is 0. The summed E-state index contributed by atoms with van der Waals surface area (Å²) in [4.78, 5) is 0. The van der Waals surface area contributed by atoms with Gasteiger partial charge in [-0.3, -0.25) is 0 Å². The number of hydrogen-bond donors (Lipinski definition) is 1. The molecule has 1 aliphatic rings. The van der Waals surface area contributed by atoms with Gasteiger partial charge >= 0.3 is 0 Å². The Bertz CT molecular complexity index is 597. The van der Waals surface area contributed by atoms with E-state index in [0.29, 0.717) is 11.5 Å². The summed E-state index contributed by atoms with van der Waals surface area (Å²) in [5.74, 6) is 0.496. The standard InChI is InChI=1S/C19H22FN/c20-19-12-17(10-11-18(19)13-21)16-8-6-15(7-9-16)14-4-2-1-3-5-14/h6-12,14H,1-5,13,21H2. The van der Waals surface area contributed by atoms with Crippen molar-refractivity contribution in [1.82, 2.24) is 0 Å². The van der Waals surface area contributed by atoms with Gasteiger partial charge in [0.2, 0.25) is 0 Å². The Labute approximate surface area is 126 Å². The van der Waals surface area contributed by atoms with Crippen LogP contribution in [-0.2, 0) is 6.54 Å². The summed E-state index contributed by atoms with van der Waals surface area (Å²) in [6, 6.07) is 13.9. The van der Waals surface area contributed by atoms with E-state index in [1.807, 2.05) is 6.07 Å². The fourth-order valence-electron chi connectivity index (χ4n) is 3.28. The SMILES string of the molecule is NCc1ccc(-c2ccc(C3CCCCC3)cc2)cc1F. The van der Waals surface area contributed by atoms with Gasteiger partial charge in [-0.2, -0.15) is 0 Å². The second-order valence-electron chi connectivity index (χ2n) is 5.97. The molecule has 0 aromatic heterocycles. The van der Waals surface area contributed by atoms with Crippen molar-refractivity contribution in [3.63, 3.8) is 0 Å². The van der Waals surface area contributed by atoms with Gasteiger partial charge in [0.05, 0.1) is 0 Å². The summed E-state index contributed by atoms with van der Waals surface area (Å²) in [6.45, 7) is 0.243. The van der Waals surface area contributed by atoms with E-state index in [1.54, 1.807) is 12.1 Å². The van der Waals surface area contributed by atoms with Crippen LogP contribution < -0.4 is 5.73 Å². The second kappa shape index (κ2) is 6.40. The van der Waals surface area contributed by atoms with E-state index in [0.717, 1.165) is 11.1 Å². The highest BCUT2D eigenvalue weighted by atomic mass is 19.1. The Morgan fingerprint density at radius 1 is 0.905 bits per heavy atom. The number of hydrogen-bond acceptors (Lipinski definition) is 1. The minimum atomic E-state index is -0.216. The number of rotatable bonds is 3. The molecular weight excluding hydrogens is 261 g/mol. The molecule has 0 saturated heterocycles. The van der Waals surface area contributed by atoms with Gasteiger partial charge in [0.25, 0.3) is 0 Å². The Morgan fingerprint density at radius 3 is 2.19 bits per heavy atom. The van der Waals surface area contributed by atoms with E-state index in [-0.39, 0.29) is 12.4 Å². The van der Waals surface area contributed by atoms with E-state index in [4.69, 9.17) is 5.73 Å². The molecule has 0 heterocycles. The first kappa shape index (κ1) is 14.3. The maximum atomic E-state index is 13.8. The molecule has 1 nitrogen and oxygen atoms in total. The largest absolute Gasteiger partial charge is 0.326 e. The first-order chi connectivity index (χ1) is 10.3. The van der Waals surface area contributed by atoms with Crippen LogP contribution in [0.2, 0.25) is 0 Å². The smallest absolute Gasteiger partial charge is 0.128 e. The Morgan fingerprint density at radius 2 is 1.57 bits per heavy atom. The van der Waals surface area contributed by atoms with Gasteiger partial charge < -0.3 is 5.73 Å². The molecule has 2 aromatic rings. The molecule has 1 aliphatic carbocycles. The van der Waals surface area contributed by atoms with Gasteiger partial charge in [0, 0.05) is 12.1 Å². The van der Waals surface area contributed by atoms with E-state index in [1.165, 1.54) is 37.7 Å². The van der Waals surface area contributed by atoms with Crippen LogP contribution in [-0.4, -0.2) is 0 Å². The summed E-state index contributed by atoms with van der Waals surface area (Å²) in [6.07, 6.45) is 6.68. The van der Waals surface area contributed by atoms with E-state index < -0.39 is 0 Å². The van der Waals surface area contributed by atoms with Crippen LogP contribution in [0, 0.1) is 5.82 Å². The molecule has 0 radical (unpaired) electrons. The van der Waals surface area contributed by atoms with Crippen LogP contribution in [0.1, 0.15) is 49.1 Å². The van der Waals surface area contributed by atoms with Gasteiger partial charge in [-0.15, -0.1) is 0 Å². The van der Waals surface area contributed by atoms with Crippen molar-refractivity contribution in [2.45, 2.75) is 44.6 Å². The van der Waals surface area contributed by atoms with Crippen LogP contribution in [0.25, 0.3) is 11.1 Å². The summed E-state index contributed by atoms with van der Waals surface area (Å²) in [5, 5.41) is 0. The number of nitrogens with two attached hydrogens (primary N) is 1. The monoisotopic (exact) mass is 283 g/mol. The van der Waals surface area contributed by atoms with Crippen molar-refractivity contribution in [1.29, 1.82) is 0 Å². The molecule has 2 aromatic carbocycles. The molecule has 1 fully saturated rings. The second-order valence-corrected chi connectivity index (χ2v) is 5.97. The Balaban J connectivity index is 1.81. The van der Waals surface area contributed by atoms with Crippen molar-refractivity contribution in [3.05, 3.63) is 59.4 Å². The minimum absolute atomic E-state index is 0.216. The molecule has 110 valence electrons. The third kappa shape index (κ3) is 3.16. The van der Waals surface area contributed by atoms with Gasteiger partial charge in [-0.05, 0) is 41.5 Å². The minimum Gasteiger partial charge on any atom is -0.326 e. The van der Waals surface area contributed by atoms with Gasteiger partial charge in [0.15, 0.2) is 0 Å². The van der Waals surface area contributed by atoms with Crippen molar-refractivity contribution in [3.8, 4) is 11.1 Å². The van der Waals surface area contributed by atoms with Gasteiger partial charge in [0.1, 0.15) is 5.82 Å². The molecule has 0 amide bonds. The lowest BCUT2D eigenvalue weighted by molar-refractivity contribution is 0.443. The van der Waals surface area contributed by atoms with E-state index >= 15 is 0 Å². The molecule has 0 bridgehead atoms.